The Labute approximate surface area is 226 Å². The molecule has 12 atom stereocenters. The van der Waals surface area contributed by atoms with E-state index in [1.165, 1.54) is 44.9 Å². The molecule has 4 aliphatic carbocycles. The number of fused-ring (bicyclic) bond motifs is 7. The van der Waals surface area contributed by atoms with Crippen LogP contribution in [0, 0.1) is 52.3 Å². The van der Waals surface area contributed by atoms with E-state index in [1.54, 1.807) is 0 Å². The van der Waals surface area contributed by atoms with Crippen molar-refractivity contribution in [2.24, 2.45) is 52.3 Å². The number of carbonyl (C=O) groups is 1. The van der Waals surface area contributed by atoms with E-state index in [0.29, 0.717) is 41.1 Å². The Morgan fingerprint density at radius 3 is 2.49 bits per heavy atom. The fourth-order valence-electron chi connectivity index (χ4n) is 11.1. The van der Waals surface area contributed by atoms with Gasteiger partial charge in [-0.05, 0) is 111 Å². The van der Waals surface area contributed by atoms with Crippen LogP contribution in [0.3, 0.4) is 0 Å². The van der Waals surface area contributed by atoms with Gasteiger partial charge in [-0.2, -0.15) is 0 Å². The number of carbonyl (C=O) groups excluding carboxylic acids is 1. The fourth-order valence-corrected chi connectivity index (χ4v) is 11.1. The van der Waals surface area contributed by atoms with Crippen LogP contribution in [-0.2, 0) is 19.0 Å². The fraction of sp³-hybridized carbons (Fsp3) is 0.970. The van der Waals surface area contributed by atoms with Crippen molar-refractivity contribution in [3.8, 4) is 0 Å². The smallest absolute Gasteiger partial charge is 0.306 e. The van der Waals surface area contributed by atoms with Gasteiger partial charge in [0.15, 0.2) is 5.79 Å². The lowest BCUT2D eigenvalue weighted by molar-refractivity contribution is -0.273. The topological polar surface area (TPSA) is 44.8 Å². The number of hydrogen-bond acceptors (Lipinski definition) is 4. The summed E-state index contributed by atoms with van der Waals surface area (Å²) in [5, 5.41) is 0. The van der Waals surface area contributed by atoms with Crippen LogP contribution >= 0.6 is 0 Å². The second-order valence-corrected chi connectivity index (χ2v) is 15.0. The minimum absolute atomic E-state index is 0.0463. The van der Waals surface area contributed by atoms with Crippen molar-refractivity contribution in [1.29, 1.82) is 0 Å². The number of ether oxygens (including phenoxy) is 3. The Hall–Kier alpha value is -0.610. The van der Waals surface area contributed by atoms with Crippen molar-refractivity contribution < 1.29 is 19.0 Å². The van der Waals surface area contributed by atoms with Crippen LogP contribution in [0.5, 0.6) is 0 Å². The highest BCUT2D eigenvalue weighted by atomic mass is 16.7. The number of hydrogen-bond donors (Lipinski definition) is 0. The van der Waals surface area contributed by atoms with Crippen molar-refractivity contribution in [1.82, 2.24) is 0 Å². The maximum atomic E-state index is 12.4. The normalized spacial score (nSPS) is 52.7. The first-order valence-corrected chi connectivity index (χ1v) is 16.2. The van der Waals surface area contributed by atoms with E-state index in [-0.39, 0.29) is 17.9 Å². The summed E-state index contributed by atoms with van der Waals surface area (Å²) in [6, 6.07) is 0. The second-order valence-electron chi connectivity index (χ2n) is 15.0. The van der Waals surface area contributed by atoms with E-state index < -0.39 is 0 Å². The molecule has 2 heterocycles. The summed E-state index contributed by atoms with van der Waals surface area (Å²) in [6.45, 7) is 13.1. The molecule has 1 spiro atoms. The molecule has 4 saturated carbocycles. The minimum Gasteiger partial charge on any atom is -0.462 e. The lowest BCUT2D eigenvalue weighted by atomic mass is 9.44. The van der Waals surface area contributed by atoms with Crippen LogP contribution in [-0.4, -0.2) is 30.6 Å². The van der Waals surface area contributed by atoms with Gasteiger partial charge in [0.2, 0.25) is 0 Å². The van der Waals surface area contributed by atoms with Gasteiger partial charge in [0.25, 0.3) is 0 Å². The van der Waals surface area contributed by atoms with E-state index in [1.807, 2.05) is 0 Å². The minimum atomic E-state index is -0.303. The lowest BCUT2D eigenvalue weighted by Crippen LogP contribution is -2.55. The summed E-state index contributed by atoms with van der Waals surface area (Å²) in [4.78, 5) is 12.4. The van der Waals surface area contributed by atoms with Crippen molar-refractivity contribution in [2.75, 3.05) is 6.61 Å². The van der Waals surface area contributed by atoms with Gasteiger partial charge in [0.05, 0.1) is 12.7 Å². The highest BCUT2D eigenvalue weighted by Gasteiger charge is 2.69. The van der Waals surface area contributed by atoms with Gasteiger partial charge in [0, 0.05) is 18.8 Å². The summed E-state index contributed by atoms with van der Waals surface area (Å²) >= 11 is 0. The molecule has 4 heteroatoms. The van der Waals surface area contributed by atoms with Gasteiger partial charge in [-0.25, -0.2) is 0 Å². The molecule has 0 unspecified atom stereocenters. The third-order valence-corrected chi connectivity index (χ3v) is 13.2. The maximum absolute atomic E-state index is 12.4. The molecule has 6 fully saturated rings. The molecule has 4 nitrogen and oxygen atoms in total. The van der Waals surface area contributed by atoms with Crippen LogP contribution in [0.4, 0.5) is 0 Å². The molecule has 0 aromatic heterocycles. The Kier molecular flexibility index (Phi) is 7.04. The molecule has 0 radical (unpaired) electrons. The lowest BCUT2D eigenvalue weighted by Gasteiger charge is -2.61. The molecule has 2 aliphatic heterocycles. The summed E-state index contributed by atoms with van der Waals surface area (Å²) in [5.74, 6) is 4.76. The van der Waals surface area contributed by atoms with Crippen LogP contribution in [0.1, 0.15) is 125 Å². The molecule has 210 valence electrons. The Bertz CT molecular complexity index is 847. The molecule has 6 aliphatic rings. The van der Waals surface area contributed by atoms with Gasteiger partial charge in [-0.3, -0.25) is 4.79 Å². The number of esters is 1. The summed E-state index contributed by atoms with van der Waals surface area (Å²) in [7, 11) is 0. The first-order chi connectivity index (χ1) is 17.7. The maximum Gasteiger partial charge on any atom is 0.306 e. The standard InChI is InChI=1S/C33H54O4/c1-6-7-8-9-29(34)36-24-13-15-31(4)23(18-24)10-11-25-26(31)14-16-32(5)27(25)19-28-30(32)22(3)33(37-28)17-12-21(2)20-35-33/h21-28,30H,6-20H2,1-5H3/t21-,22+,23+,24-,25-,26+,27+,28+,30+,31+,32+,33-/m1/s1. The molecule has 0 amide bonds. The van der Waals surface area contributed by atoms with E-state index in [0.717, 1.165) is 68.8 Å². The zero-order chi connectivity index (χ0) is 26.0. The highest BCUT2D eigenvalue weighted by molar-refractivity contribution is 5.69. The van der Waals surface area contributed by atoms with E-state index in [2.05, 4.69) is 34.6 Å². The number of rotatable bonds is 5. The van der Waals surface area contributed by atoms with Gasteiger partial charge in [-0.15, -0.1) is 0 Å². The summed E-state index contributed by atoms with van der Waals surface area (Å²) in [6.07, 6.45) is 16.8. The van der Waals surface area contributed by atoms with Crippen LogP contribution < -0.4 is 0 Å². The van der Waals surface area contributed by atoms with Crippen LogP contribution in [0.2, 0.25) is 0 Å². The third kappa shape index (κ3) is 4.25. The van der Waals surface area contributed by atoms with Gasteiger partial charge in [-0.1, -0.05) is 47.5 Å². The zero-order valence-electron chi connectivity index (χ0n) is 24.4. The first kappa shape index (κ1) is 26.6. The van der Waals surface area contributed by atoms with Crippen molar-refractivity contribution in [3.63, 3.8) is 0 Å². The molecule has 0 aromatic rings. The predicted molar refractivity (Wildman–Crippen MR) is 146 cm³/mol. The summed E-state index contributed by atoms with van der Waals surface area (Å²) in [5.41, 5.74) is 0.818. The first-order valence-electron chi connectivity index (χ1n) is 16.2. The molecule has 2 saturated heterocycles. The van der Waals surface area contributed by atoms with E-state index in [4.69, 9.17) is 14.2 Å². The average molecular weight is 515 g/mol. The molecule has 37 heavy (non-hydrogen) atoms. The van der Waals surface area contributed by atoms with Gasteiger partial charge in [0.1, 0.15) is 6.10 Å². The molecular formula is C33H54O4. The molecule has 0 N–H and O–H groups in total. The monoisotopic (exact) mass is 514 g/mol. The number of unbranched alkanes of at least 4 members (excludes halogenated alkanes) is 2. The Morgan fingerprint density at radius 1 is 0.919 bits per heavy atom. The van der Waals surface area contributed by atoms with E-state index >= 15 is 0 Å². The van der Waals surface area contributed by atoms with Gasteiger partial charge >= 0.3 is 5.97 Å². The summed E-state index contributed by atoms with van der Waals surface area (Å²) < 4.78 is 19.5. The largest absolute Gasteiger partial charge is 0.462 e. The zero-order valence-corrected chi connectivity index (χ0v) is 24.4. The van der Waals surface area contributed by atoms with E-state index in [9.17, 15) is 4.79 Å². The molecular weight excluding hydrogens is 460 g/mol. The Balaban J connectivity index is 1.12. The van der Waals surface area contributed by atoms with Crippen molar-refractivity contribution in [2.45, 2.75) is 143 Å². The molecule has 0 aromatic carbocycles. The average Bonchev–Trinajstić information content (AvgIpc) is 3.31. The van der Waals surface area contributed by atoms with Crippen LogP contribution in [0.15, 0.2) is 0 Å². The highest BCUT2D eigenvalue weighted by Crippen LogP contribution is 2.71. The third-order valence-electron chi connectivity index (χ3n) is 13.2. The van der Waals surface area contributed by atoms with Crippen LogP contribution in [0.25, 0.3) is 0 Å². The quantitative estimate of drug-likeness (QED) is 0.276. The SMILES string of the molecule is CCCCCC(=O)O[C@@H]1CC[C@@]2(C)[C@@H](CC[C@@H]3[C@@H]2CC[C@]2(C)[C@@H]4[C@H](C[C@@H]32)O[C@]2(CC[C@@H](C)CO2)[C@H]4C)C1. The molecule has 0 bridgehead atoms. The molecule has 6 rings (SSSR count). The van der Waals surface area contributed by atoms with Crippen molar-refractivity contribution >= 4 is 5.97 Å². The van der Waals surface area contributed by atoms with Crippen molar-refractivity contribution in [3.05, 3.63) is 0 Å². The van der Waals surface area contributed by atoms with Gasteiger partial charge < -0.3 is 14.2 Å². The second kappa shape index (κ2) is 9.79. The predicted octanol–water partition coefficient (Wildman–Crippen LogP) is 7.93. The Morgan fingerprint density at radius 2 is 1.73 bits per heavy atom.